The van der Waals surface area contributed by atoms with Gasteiger partial charge in [-0.05, 0) is 31.0 Å². The zero-order valence-corrected chi connectivity index (χ0v) is 9.69. The lowest BCUT2D eigenvalue weighted by atomic mass is 10.1. The van der Waals surface area contributed by atoms with Crippen molar-refractivity contribution in [1.82, 2.24) is 5.32 Å². The Bertz CT molecular complexity index is 430. The summed E-state index contributed by atoms with van der Waals surface area (Å²) >= 11 is 0. The summed E-state index contributed by atoms with van der Waals surface area (Å²) in [5, 5.41) is 11.1. The highest BCUT2D eigenvalue weighted by atomic mass is 16.4. The van der Waals surface area contributed by atoms with Crippen LogP contribution in [0.3, 0.4) is 0 Å². The molecule has 1 rings (SSSR count). The zero-order valence-electron chi connectivity index (χ0n) is 9.69. The molecular formula is C12H16N2O3. The van der Waals surface area contributed by atoms with E-state index in [0.717, 1.165) is 5.56 Å². The quantitative estimate of drug-likeness (QED) is 0.528. The fraction of sp³-hybridized carbons (Fsp3) is 0.333. The highest BCUT2D eigenvalue weighted by Gasteiger charge is 2.09. The number of hydrogen-bond donors (Lipinski definition) is 3. The van der Waals surface area contributed by atoms with E-state index >= 15 is 0 Å². The Morgan fingerprint density at radius 2 is 2.12 bits per heavy atom. The Morgan fingerprint density at radius 3 is 2.76 bits per heavy atom. The molecule has 92 valence electrons. The van der Waals surface area contributed by atoms with Gasteiger partial charge in [0.25, 0.3) is 5.91 Å². The molecule has 4 N–H and O–H groups in total. The molecule has 5 heteroatoms. The smallest absolute Gasteiger partial charge is 0.303 e. The number of rotatable bonds is 5. The van der Waals surface area contributed by atoms with Crippen LogP contribution in [-0.4, -0.2) is 23.5 Å². The molecule has 17 heavy (non-hydrogen) atoms. The number of aliphatic carboxylic acids is 1. The molecule has 0 aliphatic rings. The third-order valence-electron chi connectivity index (χ3n) is 2.47. The summed E-state index contributed by atoms with van der Waals surface area (Å²) in [6, 6.07) is 5.14. The van der Waals surface area contributed by atoms with Crippen LogP contribution in [0.1, 0.15) is 28.8 Å². The van der Waals surface area contributed by atoms with Gasteiger partial charge in [-0.3, -0.25) is 9.59 Å². The summed E-state index contributed by atoms with van der Waals surface area (Å²) in [5.41, 5.74) is 7.53. The molecule has 0 fully saturated rings. The van der Waals surface area contributed by atoms with E-state index in [1.807, 2.05) is 0 Å². The Hall–Kier alpha value is -2.04. The number of hydrogen-bond acceptors (Lipinski definition) is 3. The van der Waals surface area contributed by atoms with Crippen LogP contribution in [-0.2, 0) is 4.79 Å². The first kappa shape index (κ1) is 13.0. The number of nitrogens with two attached hydrogens (primary N) is 1. The number of anilines is 1. The molecule has 0 saturated carbocycles. The lowest BCUT2D eigenvalue weighted by Crippen LogP contribution is -2.25. The van der Waals surface area contributed by atoms with Gasteiger partial charge in [0.05, 0.1) is 0 Å². The normalized spacial score (nSPS) is 9.94. The summed E-state index contributed by atoms with van der Waals surface area (Å²) in [5.74, 6) is -1.08. The van der Waals surface area contributed by atoms with Gasteiger partial charge in [0.15, 0.2) is 0 Å². The van der Waals surface area contributed by atoms with Crippen molar-refractivity contribution in [2.45, 2.75) is 19.8 Å². The van der Waals surface area contributed by atoms with Crippen molar-refractivity contribution in [3.63, 3.8) is 0 Å². The SMILES string of the molecule is Cc1c(N)cccc1C(=O)NCCCC(=O)O. The molecule has 0 atom stereocenters. The van der Waals surface area contributed by atoms with Crippen molar-refractivity contribution in [3.05, 3.63) is 29.3 Å². The van der Waals surface area contributed by atoms with Crippen LogP contribution in [0.5, 0.6) is 0 Å². The minimum absolute atomic E-state index is 0.0518. The molecule has 0 bridgehead atoms. The van der Waals surface area contributed by atoms with Gasteiger partial charge in [-0.2, -0.15) is 0 Å². The Morgan fingerprint density at radius 1 is 1.41 bits per heavy atom. The van der Waals surface area contributed by atoms with Gasteiger partial charge in [-0.15, -0.1) is 0 Å². The Balaban J connectivity index is 2.53. The minimum atomic E-state index is -0.862. The van der Waals surface area contributed by atoms with Crippen molar-refractivity contribution in [1.29, 1.82) is 0 Å². The van der Waals surface area contributed by atoms with Crippen LogP contribution in [0, 0.1) is 6.92 Å². The Labute approximate surface area is 99.6 Å². The molecule has 0 aliphatic heterocycles. The molecular weight excluding hydrogens is 220 g/mol. The van der Waals surface area contributed by atoms with Crippen LogP contribution in [0.4, 0.5) is 5.69 Å². The van der Waals surface area contributed by atoms with E-state index < -0.39 is 5.97 Å². The number of carbonyl (C=O) groups is 2. The van der Waals surface area contributed by atoms with Gasteiger partial charge in [-0.25, -0.2) is 0 Å². The van der Waals surface area contributed by atoms with Gasteiger partial charge in [0.1, 0.15) is 0 Å². The fourth-order valence-corrected chi connectivity index (χ4v) is 1.44. The first-order valence-electron chi connectivity index (χ1n) is 5.37. The van der Waals surface area contributed by atoms with Gasteiger partial charge in [0, 0.05) is 24.2 Å². The maximum Gasteiger partial charge on any atom is 0.303 e. The van der Waals surface area contributed by atoms with E-state index in [1.165, 1.54) is 0 Å². The summed E-state index contributed by atoms with van der Waals surface area (Å²) in [6.45, 7) is 2.13. The molecule has 0 unspecified atom stereocenters. The van der Waals surface area contributed by atoms with E-state index in [-0.39, 0.29) is 12.3 Å². The van der Waals surface area contributed by atoms with Gasteiger partial charge < -0.3 is 16.2 Å². The second-order valence-electron chi connectivity index (χ2n) is 3.77. The van der Waals surface area contributed by atoms with E-state index in [4.69, 9.17) is 10.8 Å². The van der Waals surface area contributed by atoms with Gasteiger partial charge in [0.2, 0.25) is 0 Å². The largest absolute Gasteiger partial charge is 0.481 e. The number of carbonyl (C=O) groups excluding carboxylic acids is 1. The average Bonchev–Trinajstić information content (AvgIpc) is 2.27. The predicted molar refractivity (Wildman–Crippen MR) is 64.8 cm³/mol. The minimum Gasteiger partial charge on any atom is -0.481 e. The van der Waals surface area contributed by atoms with Crippen LogP contribution in [0.25, 0.3) is 0 Å². The fourth-order valence-electron chi connectivity index (χ4n) is 1.44. The molecule has 0 aromatic heterocycles. The summed E-state index contributed by atoms with van der Waals surface area (Å²) in [4.78, 5) is 22.0. The lowest BCUT2D eigenvalue weighted by Gasteiger charge is -2.08. The second kappa shape index (κ2) is 5.89. The highest BCUT2D eigenvalue weighted by Crippen LogP contribution is 2.15. The zero-order chi connectivity index (χ0) is 12.8. The molecule has 0 radical (unpaired) electrons. The number of amides is 1. The summed E-state index contributed by atoms with van der Waals surface area (Å²) in [7, 11) is 0. The summed E-state index contributed by atoms with van der Waals surface area (Å²) in [6.07, 6.45) is 0.471. The van der Waals surface area contributed by atoms with Crippen molar-refractivity contribution in [2.75, 3.05) is 12.3 Å². The second-order valence-corrected chi connectivity index (χ2v) is 3.77. The number of nitrogen functional groups attached to an aromatic ring is 1. The van der Waals surface area contributed by atoms with Crippen LogP contribution in [0.2, 0.25) is 0 Å². The van der Waals surface area contributed by atoms with E-state index in [2.05, 4.69) is 5.32 Å². The number of carboxylic acids is 1. The third kappa shape index (κ3) is 3.79. The maximum atomic E-state index is 11.7. The standard InChI is InChI=1S/C12H16N2O3/c1-8-9(4-2-5-10(8)13)12(17)14-7-3-6-11(15)16/h2,4-5H,3,6-7,13H2,1H3,(H,14,17)(H,15,16). The Kier molecular flexibility index (Phi) is 4.51. The summed E-state index contributed by atoms with van der Waals surface area (Å²) < 4.78 is 0. The van der Waals surface area contributed by atoms with Gasteiger partial charge >= 0.3 is 5.97 Å². The molecule has 1 aromatic carbocycles. The molecule has 0 heterocycles. The number of benzene rings is 1. The predicted octanol–water partition coefficient (Wildman–Crippen LogP) is 1.17. The van der Waals surface area contributed by atoms with Crippen molar-refractivity contribution in [2.24, 2.45) is 0 Å². The monoisotopic (exact) mass is 236 g/mol. The number of nitrogens with one attached hydrogen (secondary N) is 1. The van der Waals surface area contributed by atoms with Crippen molar-refractivity contribution in [3.8, 4) is 0 Å². The van der Waals surface area contributed by atoms with E-state index in [1.54, 1.807) is 25.1 Å². The maximum absolute atomic E-state index is 11.7. The molecule has 1 amide bonds. The van der Waals surface area contributed by atoms with Crippen molar-refractivity contribution < 1.29 is 14.7 Å². The van der Waals surface area contributed by atoms with E-state index in [9.17, 15) is 9.59 Å². The molecule has 0 saturated heterocycles. The van der Waals surface area contributed by atoms with Crippen LogP contribution < -0.4 is 11.1 Å². The topological polar surface area (TPSA) is 92.4 Å². The average molecular weight is 236 g/mol. The number of carboxylic acid groups (broad SMARTS) is 1. The molecule has 0 spiro atoms. The molecule has 5 nitrogen and oxygen atoms in total. The van der Waals surface area contributed by atoms with Crippen LogP contribution >= 0.6 is 0 Å². The first-order valence-corrected chi connectivity index (χ1v) is 5.37. The van der Waals surface area contributed by atoms with E-state index in [0.29, 0.717) is 24.2 Å². The first-order chi connectivity index (χ1) is 8.02. The molecule has 1 aromatic rings. The molecule has 0 aliphatic carbocycles. The van der Waals surface area contributed by atoms with Crippen molar-refractivity contribution >= 4 is 17.6 Å². The van der Waals surface area contributed by atoms with Crippen LogP contribution in [0.15, 0.2) is 18.2 Å². The lowest BCUT2D eigenvalue weighted by molar-refractivity contribution is -0.137. The highest BCUT2D eigenvalue weighted by molar-refractivity contribution is 5.96. The third-order valence-corrected chi connectivity index (χ3v) is 2.47. The van der Waals surface area contributed by atoms with Gasteiger partial charge in [-0.1, -0.05) is 6.07 Å².